The summed E-state index contributed by atoms with van der Waals surface area (Å²) in [5.41, 5.74) is -2.60. The van der Waals surface area contributed by atoms with Crippen molar-refractivity contribution in [2.45, 2.75) is 22.2 Å². The molecule has 1 radical (unpaired) electrons. The Morgan fingerprint density at radius 3 is 1.90 bits per heavy atom. The normalized spacial score (nSPS) is 14.2. The Morgan fingerprint density at radius 2 is 1.38 bits per heavy atom. The fourth-order valence-electron chi connectivity index (χ4n) is 2.05. The number of rotatable bonds is 4. The summed E-state index contributed by atoms with van der Waals surface area (Å²) in [5.74, 6) is -12.0. The van der Waals surface area contributed by atoms with Crippen molar-refractivity contribution < 1.29 is 48.5 Å². The van der Waals surface area contributed by atoms with Crippen LogP contribution in [-0.4, -0.2) is 21.9 Å². The maximum absolute atomic E-state index is 14.1. The molecule has 2 aromatic carbocycles. The molecule has 0 heterocycles. The zero-order valence-electron chi connectivity index (χ0n) is 13.1. The van der Waals surface area contributed by atoms with E-state index in [0.29, 0.717) is 18.2 Å². The van der Waals surface area contributed by atoms with Crippen LogP contribution in [0.5, 0.6) is 0 Å². The largest absolute Gasteiger partial charge is 0.606 e. The SMILES string of the molecule is [O-][S+](c1cc(Br)[c]c(Br)c1-c1c(F)ccc(F)c1F)C(F)(F)C(F)(F)C(F)(F)F. The fourth-order valence-corrected chi connectivity index (χ4v) is 4.89. The molecular formula is C15H3Br2F10OS. The molecule has 0 spiro atoms. The van der Waals surface area contributed by atoms with Crippen molar-refractivity contribution in [2.75, 3.05) is 0 Å². The minimum Gasteiger partial charge on any atom is -0.606 e. The van der Waals surface area contributed by atoms with Crippen LogP contribution in [-0.2, 0) is 11.2 Å². The second kappa shape index (κ2) is 7.93. The molecule has 0 fully saturated rings. The lowest BCUT2D eigenvalue weighted by atomic mass is 10.0. The van der Waals surface area contributed by atoms with Gasteiger partial charge in [0.05, 0.1) is 22.3 Å². The average molecular weight is 581 g/mol. The van der Waals surface area contributed by atoms with Gasteiger partial charge in [-0.3, -0.25) is 0 Å². The van der Waals surface area contributed by atoms with Crippen LogP contribution < -0.4 is 0 Å². The van der Waals surface area contributed by atoms with Crippen molar-refractivity contribution >= 4 is 43.0 Å². The van der Waals surface area contributed by atoms with Gasteiger partial charge in [0.1, 0.15) is 5.82 Å². The Balaban J connectivity index is 2.84. The number of alkyl halides is 7. The van der Waals surface area contributed by atoms with E-state index in [1.807, 2.05) is 0 Å². The third kappa shape index (κ3) is 4.12. The first kappa shape index (κ1) is 24.3. The van der Waals surface area contributed by atoms with Crippen molar-refractivity contribution in [3.63, 3.8) is 0 Å². The van der Waals surface area contributed by atoms with Gasteiger partial charge in [0.2, 0.25) is 0 Å². The lowest BCUT2D eigenvalue weighted by Crippen LogP contribution is -2.56. The summed E-state index contributed by atoms with van der Waals surface area (Å²) in [6.45, 7) is 0. The van der Waals surface area contributed by atoms with Gasteiger partial charge in [-0.25, -0.2) is 13.2 Å². The Labute approximate surface area is 175 Å². The van der Waals surface area contributed by atoms with Gasteiger partial charge in [0.25, 0.3) is 0 Å². The lowest BCUT2D eigenvalue weighted by molar-refractivity contribution is -0.332. The van der Waals surface area contributed by atoms with Crippen molar-refractivity contribution in [1.82, 2.24) is 0 Å². The molecule has 1 unspecified atom stereocenters. The van der Waals surface area contributed by atoms with E-state index in [4.69, 9.17) is 0 Å². The van der Waals surface area contributed by atoms with Gasteiger partial charge in [0.15, 0.2) is 16.5 Å². The number of hydrogen-bond donors (Lipinski definition) is 0. The molecule has 0 amide bonds. The van der Waals surface area contributed by atoms with Gasteiger partial charge in [-0.15, -0.1) is 8.78 Å². The van der Waals surface area contributed by atoms with Gasteiger partial charge >= 0.3 is 17.4 Å². The van der Waals surface area contributed by atoms with Crippen LogP contribution in [0.2, 0.25) is 0 Å². The highest BCUT2D eigenvalue weighted by Gasteiger charge is 2.80. The minimum absolute atomic E-state index is 0.313. The van der Waals surface area contributed by atoms with E-state index in [2.05, 4.69) is 37.9 Å². The van der Waals surface area contributed by atoms with E-state index >= 15 is 0 Å². The highest BCUT2D eigenvalue weighted by molar-refractivity contribution is 9.11. The van der Waals surface area contributed by atoms with Crippen LogP contribution >= 0.6 is 31.9 Å². The highest BCUT2D eigenvalue weighted by Crippen LogP contribution is 2.53. The molecule has 2 aromatic rings. The molecule has 2 rings (SSSR count). The maximum Gasteiger partial charge on any atom is 0.486 e. The monoisotopic (exact) mass is 579 g/mol. The summed E-state index contributed by atoms with van der Waals surface area (Å²) in [5, 5.41) is -6.25. The molecule has 159 valence electrons. The maximum atomic E-state index is 14.1. The molecule has 1 nitrogen and oxygen atoms in total. The summed E-state index contributed by atoms with van der Waals surface area (Å²) in [6, 6.07) is 3.22. The third-order valence-electron chi connectivity index (χ3n) is 3.40. The van der Waals surface area contributed by atoms with Crippen LogP contribution in [0.25, 0.3) is 11.1 Å². The zero-order chi connectivity index (χ0) is 22.5. The first-order chi connectivity index (χ1) is 13.0. The van der Waals surface area contributed by atoms with E-state index in [1.54, 1.807) is 0 Å². The van der Waals surface area contributed by atoms with Crippen molar-refractivity contribution in [3.8, 4) is 11.1 Å². The fraction of sp³-hybridized carbons (Fsp3) is 0.200. The molecule has 0 aliphatic rings. The second-order valence-electron chi connectivity index (χ2n) is 5.25. The summed E-state index contributed by atoms with van der Waals surface area (Å²) in [4.78, 5) is -1.53. The van der Waals surface area contributed by atoms with Gasteiger partial charge in [-0.2, -0.15) is 22.0 Å². The van der Waals surface area contributed by atoms with Gasteiger partial charge in [0, 0.05) is 21.1 Å². The second-order valence-corrected chi connectivity index (χ2v) is 8.38. The number of hydrogen-bond acceptors (Lipinski definition) is 1. The van der Waals surface area contributed by atoms with Gasteiger partial charge in [-0.1, -0.05) is 0 Å². The highest BCUT2D eigenvalue weighted by atomic mass is 79.9. The average Bonchev–Trinajstić information content (AvgIpc) is 2.57. The molecule has 0 aliphatic heterocycles. The van der Waals surface area contributed by atoms with Crippen LogP contribution in [0.15, 0.2) is 32.0 Å². The topological polar surface area (TPSA) is 23.1 Å². The molecule has 0 aromatic heterocycles. The van der Waals surface area contributed by atoms with Crippen molar-refractivity contribution in [1.29, 1.82) is 0 Å². The van der Waals surface area contributed by atoms with Gasteiger partial charge < -0.3 is 4.55 Å². The predicted octanol–water partition coefficient (Wildman–Crippen LogP) is 6.99. The number of halogens is 12. The quantitative estimate of drug-likeness (QED) is 0.217. The van der Waals surface area contributed by atoms with Crippen molar-refractivity contribution in [3.05, 3.63) is 50.7 Å². The van der Waals surface area contributed by atoms with Gasteiger partial charge in [-0.05, 0) is 44.0 Å². The summed E-state index contributed by atoms with van der Waals surface area (Å²) < 4.78 is 145. The van der Waals surface area contributed by atoms with Crippen LogP contribution in [0, 0.1) is 23.5 Å². The molecule has 0 N–H and O–H groups in total. The standard InChI is InChI=1S/C15H3Br2F10OS/c16-5-3-6(17)10(11-7(18)1-2-8(19)12(11)20)9(4-5)29(28)15(26,27)13(21,22)14(23,24)25/h1-2,4H. The summed E-state index contributed by atoms with van der Waals surface area (Å²) in [7, 11) is 0. The zero-order valence-corrected chi connectivity index (χ0v) is 17.1. The first-order valence-corrected chi connectivity index (χ1v) is 9.57. The Kier molecular flexibility index (Phi) is 6.64. The summed E-state index contributed by atoms with van der Waals surface area (Å²) in [6.07, 6.45) is -6.79. The van der Waals surface area contributed by atoms with Crippen LogP contribution in [0.4, 0.5) is 43.9 Å². The predicted molar refractivity (Wildman–Crippen MR) is 88.3 cm³/mol. The Morgan fingerprint density at radius 1 is 0.862 bits per heavy atom. The molecule has 0 saturated heterocycles. The van der Waals surface area contributed by atoms with E-state index < -0.39 is 66.5 Å². The lowest BCUT2D eigenvalue weighted by Gasteiger charge is -2.29. The molecule has 14 heteroatoms. The van der Waals surface area contributed by atoms with Crippen LogP contribution in [0.1, 0.15) is 0 Å². The third-order valence-corrected chi connectivity index (χ3v) is 5.87. The van der Waals surface area contributed by atoms with E-state index in [0.717, 1.165) is 0 Å². The molecule has 29 heavy (non-hydrogen) atoms. The molecular weight excluding hydrogens is 578 g/mol. The van der Waals surface area contributed by atoms with Crippen molar-refractivity contribution in [2.24, 2.45) is 0 Å². The number of benzene rings is 2. The van der Waals surface area contributed by atoms with E-state index in [9.17, 15) is 48.5 Å². The Bertz CT molecular complexity index is 948. The summed E-state index contributed by atoms with van der Waals surface area (Å²) >= 11 is 0.778. The first-order valence-electron chi connectivity index (χ1n) is 6.83. The van der Waals surface area contributed by atoms with E-state index in [1.165, 1.54) is 0 Å². The molecule has 0 aliphatic carbocycles. The van der Waals surface area contributed by atoms with E-state index in [-0.39, 0.29) is 4.47 Å². The molecule has 0 bridgehead atoms. The minimum atomic E-state index is -6.79. The smallest absolute Gasteiger partial charge is 0.486 e. The molecule has 0 saturated carbocycles. The van der Waals surface area contributed by atoms with Crippen LogP contribution in [0.3, 0.4) is 0 Å². The molecule has 1 atom stereocenters. The Hall–Kier alpha value is -0.990.